The van der Waals surface area contributed by atoms with Crippen LogP contribution in [0.3, 0.4) is 0 Å². The third-order valence-electron chi connectivity index (χ3n) is 5.00. The second-order valence-electron chi connectivity index (χ2n) is 7.07. The first-order valence-corrected chi connectivity index (χ1v) is 9.37. The lowest BCUT2D eigenvalue weighted by atomic mass is 10.1. The number of anilines is 2. The quantitative estimate of drug-likeness (QED) is 0.529. The molecule has 1 aliphatic rings. The van der Waals surface area contributed by atoms with Crippen LogP contribution >= 0.6 is 0 Å². The lowest BCUT2D eigenvalue weighted by Gasteiger charge is -2.15. The number of amides is 2. The van der Waals surface area contributed by atoms with Gasteiger partial charge in [0, 0.05) is 42.9 Å². The van der Waals surface area contributed by atoms with Crippen molar-refractivity contribution in [3.8, 4) is 5.69 Å². The van der Waals surface area contributed by atoms with Gasteiger partial charge in [0.2, 0.25) is 5.91 Å². The van der Waals surface area contributed by atoms with Crippen molar-refractivity contribution in [1.29, 1.82) is 0 Å². The standard InChI is InChI=1S/C21H19N5O4/c1-13-11-20(25(23-13)17-4-6-18(7-5-17)26(29)30)22-21(28)16-3-8-19-15(12-16)9-10-24(19)14(2)27/h3-8,11-12H,9-10H2,1-2H3,(H,22,28). The highest BCUT2D eigenvalue weighted by Gasteiger charge is 2.23. The van der Waals surface area contributed by atoms with Crippen LogP contribution in [0.25, 0.3) is 5.69 Å². The maximum Gasteiger partial charge on any atom is 0.269 e. The molecule has 0 unspecified atom stereocenters. The number of nitrogens with one attached hydrogen (secondary N) is 1. The van der Waals surface area contributed by atoms with E-state index < -0.39 is 4.92 Å². The molecule has 2 amide bonds. The van der Waals surface area contributed by atoms with Crippen molar-refractivity contribution < 1.29 is 14.5 Å². The number of aromatic nitrogens is 2. The van der Waals surface area contributed by atoms with Gasteiger partial charge in [0.05, 0.1) is 16.3 Å². The number of carbonyl (C=O) groups is 2. The van der Waals surface area contributed by atoms with E-state index in [0.29, 0.717) is 35.7 Å². The third-order valence-corrected chi connectivity index (χ3v) is 5.00. The SMILES string of the molecule is CC(=O)N1CCc2cc(C(=O)Nc3cc(C)nn3-c3ccc([N+](=O)[O-])cc3)ccc21. The van der Waals surface area contributed by atoms with Gasteiger partial charge in [0.1, 0.15) is 5.82 Å². The summed E-state index contributed by atoms with van der Waals surface area (Å²) in [6, 6.07) is 12.9. The Hall–Kier alpha value is -4.01. The minimum absolute atomic E-state index is 0.0200. The second kappa shape index (κ2) is 7.43. The predicted octanol–water partition coefficient (Wildman–Crippen LogP) is 3.25. The van der Waals surface area contributed by atoms with Gasteiger partial charge in [-0.1, -0.05) is 0 Å². The van der Waals surface area contributed by atoms with Gasteiger partial charge in [-0.15, -0.1) is 0 Å². The molecule has 1 N–H and O–H groups in total. The number of rotatable bonds is 4. The van der Waals surface area contributed by atoms with Crippen molar-refractivity contribution in [2.45, 2.75) is 20.3 Å². The Morgan fingerprint density at radius 2 is 1.87 bits per heavy atom. The topological polar surface area (TPSA) is 110 Å². The van der Waals surface area contributed by atoms with Crippen molar-refractivity contribution in [2.75, 3.05) is 16.8 Å². The van der Waals surface area contributed by atoms with Crippen LogP contribution in [0.5, 0.6) is 0 Å². The maximum absolute atomic E-state index is 12.8. The molecule has 3 aromatic rings. The molecule has 9 nitrogen and oxygen atoms in total. The van der Waals surface area contributed by atoms with Gasteiger partial charge in [0.25, 0.3) is 11.6 Å². The molecular weight excluding hydrogens is 386 g/mol. The number of nitrogens with zero attached hydrogens (tertiary/aromatic N) is 4. The van der Waals surface area contributed by atoms with E-state index in [4.69, 9.17) is 0 Å². The van der Waals surface area contributed by atoms with Crippen LogP contribution in [0.4, 0.5) is 17.2 Å². The summed E-state index contributed by atoms with van der Waals surface area (Å²) in [5.41, 5.74) is 3.53. The van der Waals surface area contributed by atoms with Gasteiger partial charge in [-0.05, 0) is 49.2 Å². The van der Waals surface area contributed by atoms with E-state index in [1.165, 1.54) is 23.7 Å². The van der Waals surface area contributed by atoms with E-state index in [1.54, 1.807) is 48.2 Å². The molecule has 0 radical (unpaired) electrons. The van der Waals surface area contributed by atoms with E-state index >= 15 is 0 Å². The highest BCUT2D eigenvalue weighted by Crippen LogP contribution is 2.29. The molecule has 0 saturated heterocycles. The molecule has 4 rings (SSSR count). The van der Waals surface area contributed by atoms with E-state index in [9.17, 15) is 19.7 Å². The van der Waals surface area contributed by atoms with Crippen molar-refractivity contribution in [1.82, 2.24) is 9.78 Å². The number of hydrogen-bond donors (Lipinski definition) is 1. The highest BCUT2D eigenvalue weighted by atomic mass is 16.6. The molecule has 0 bridgehead atoms. The summed E-state index contributed by atoms with van der Waals surface area (Å²) in [5.74, 6) is 0.132. The Bertz CT molecular complexity index is 1170. The third kappa shape index (κ3) is 3.52. The maximum atomic E-state index is 12.8. The van der Waals surface area contributed by atoms with E-state index in [-0.39, 0.29) is 17.5 Å². The number of aryl methyl sites for hydroxylation is 1. The lowest BCUT2D eigenvalue weighted by molar-refractivity contribution is -0.384. The smallest absolute Gasteiger partial charge is 0.269 e. The molecule has 0 saturated carbocycles. The van der Waals surface area contributed by atoms with Gasteiger partial charge in [-0.25, -0.2) is 4.68 Å². The summed E-state index contributed by atoms with van der Waals surface area (Å²) in [6.07, 6.45) is 0.704. The molecule has 9 heteroatoms. The first kappa shape index (κ1) is 19.3. The first-order chi connectivity index (χ1) is 14.3. The number of hydrogen-bond acceptors (Lipinski definition) is 5. The van der Waals surface area contributed by atoms with Gasteiger partial charge in [-0.2, -0.15) is 5.10 Å². The van der Waals surface area contributed by atoms with Gasteiger partial charge in [-0.3, -0.25) is 19.7 Å². The number of carbonyl (C=O) groups excluding carboxylic acids is 2. The van der Waals surface area contributed by atoms with Crippen LogP contribution in [-0.4, -0.2) is 33.1 Å². The molecule has 30 heavy (non-hydrogen) atoms. The van der Waals surface area contributed by atoms with Crippen molar-refractivity contribution in [3.05, 3.63) is 75.5 Å². The summed E-state index contributed by atoms with van der Waals surface area (Å²) in [4.78, 5) is 36.6. The molecule has 2 heterocycles. The summed E-state index contributed by atoms with van der Waals surface area (Å²) >= 11 is 0. The minimum atomic E-state index is -0.470. The largest absolute Gasteiger partial charge is 0.312 e. The van der Waals surface area contributed by atoms with Crippen molar-refractivity contribution in [2.24, 2.45) is 0 Å². The molecule has 1 aromatic heterocycles. The van der Waals surface area contributed by atoms with E-state index in [0.717, 1.165) is 11.3 Å². The summed E-state index contributed by atoms with van der Waals surface area (Å²) < 4.78 is 1.53. The molecule has 0 fully saturated rings. The van der Waals surface area contributed by atoms with Gasteiger partial charge in [0.15, 0.2) is 0 Å². The van der Waals surface area contributed by atoms with Crippen molar-refractivity contribution in [3.63, 3.8) is 0 Å². The fraction of sp³-hybridized carbons (Fsp3) is 0.190. The van der Waals surface area contributed by atoms with Crippen LogP contribution in [0, 0.1) is 17.0 Å². The minimum Gasteiger partial charge on any atom is -0.312 e. The normalized spacial score (nSPS) is 12.5. The van der Waals surface area contributed by atoms with Crippen LogP contribution in [0.15, 0.2) is 48.5 Å². The molecule has 152 valence electrons. The molecule has 1 aliphatic heterocycles. The van der Waals surface area contributed by atoms with Crippen molar-refractivity contribution >= 4 is 29.0 Å². The zero-order chi connectivity index (χ0) is 21.4. The number of benzene rings is 2. The highest BCUT2D eigenvalue weighted by molar-refractivity contribution is 6.05. The van der Waals surface area contributed by atoms with Gasteiger partial charge < -0.3 is 10.2 Å². The Kier molecular flexibility index (Phi) is 4.78. The molecule has 0 spiro atoms. The molecule has 2 aromatic carbocycles. The van der Waals surface area contributed by atoms with Crippen LogP contribution in [0.2, 0.25) is 0 Å². The monoisotopic (exact) mass is 405 g/mol. The summed E-state index contributed by atoms with van der Waals surface area (Å²) in [6.45, 7) is 3.93. The van der Waals surface area contributed by atoms with E-state index in [2.05, 4.69) is 10.4 Å². The number of nitro groups is 1. The Labute approximate surface area is 172 Å². The summed E-state index contributed by atoms with van der Waals surface area (Å²) in [5, 5.41) is 18.1. The molecular formula is C21H19N5O4. The average molecular weight is 405 g/mol. The lowest BCUT2D eigenvalue weighted by Crippen LogP contribution is -2.25. The fourth-order valence-electron chi connectivity index (χ4n) is 3.56. The second-order valence-corrected chi connectivity index (χ2v) is 7.07. The first-order valence-electron chi connectivity index (χ1n) is 9.37. The zero-order valence-electron chi connectivity index (χ0n) is 16.5. The zero-order valence-corrected chi connectivity index (χ0v) is 16.5. The van der Waals surface area contributed by atoms with Gasteiger partial charge >= 0.3 is 0 Å². The predicted molar refractivity (Wildman–Crippen MR) is 111 cm³/mol. The number of nitro benzene ring substituents is 1. The Balaban J connectivity index is 1.59. The molecule has 0 atom stereocenters. The van der Waals surface area contributed by atoms with Crippen LogP contribution < -0.4 is 10.2 Å². The Morgan fingerprint density at radius 1 is 1.13 bits per heavy atom. The molecule has 0 aliphatic carbocycles. The number of fused-ring (bicyclic) bond motifs is 1. The summed E-state index contributed by atoms with van der Waals surface area (Å²) in [7, 11) is 0. The Morgan fingerprint density at radius 3 is 2.53 bits per heavy atom. The van der Waals surface area contributed by atoms with Crippen LogP contribution in [-0.2, 0) is 11.2 Å². The average Bonchev–Trinajstić information content (AvgIpc) is 3.30. The number of non-ortho nitro benzene ring substituents is 1. The van der Waals surface area contributed by atoms with Crippen LogP contribution in [0.1, 0.15) is 28.5 Å². The fourth-order valence-corrected chi connectivity index (χ4v) is 3.56. The van der Waals surface area contributed by atoms with E-state index in [1.807, 2.05) is 0 Å².